The summed E-state index contributed by atoms with van der Waals surface area (Å²) in [6.45, 7) is 3.50. The van der Waals surface area contributed by atoms with E-state index in [0.29, 0.717) is 0 Å². The van der Waals surface area contributed by atoms with Crippen LogP contribution in [0.5, 0.6) is 0 Å². The minimum Gasteiger partial charge on any atom is -0.314 e. The fourth-order valence-electron chi connectivity index (χ4n) is 1.27. The monoisotopic (exact) mass is 172 g/mol. The molecule has 0 aromatic rings. The van der Waals surface area contributed by atoms with E-state index < -0.39 is 0 Å². The molecule has 1 nitrogen and oxygen atoms in total. The highest BCUT2D eigenvalue weighted by Crippen LogP contribution is 2.08. The van der Waals surface area contributed by atoms with E-state index in [4.69, 9.17) is 0 Å². The summed E-state index contributed by atoms with van der Waals surface area (Å²) in [6.07, 6.45) is 5.53. The van der Waals surface area contributed by atoms with Crippen molar-refractivity contribution in [1.82, 2.24) is 5.32 Å². The third-order valence-corrected chi connectivity index (χ3v) is 1.91. The maximum atomic E-state index is 4.67. The molecular formula is C7H15ClMgN+2. The molecule has 0 aromatic carbocycles. The summed E-state index contributed by atoms with van der Waals surface area (Å²) in [5.74, 6) is 0. The Balaban J connectivity index is 0.000000371. The van der Waals surface area contributed by atoms with E-state index in [2.05, 4.69) is 21.3 Å². The van der Waals surface area contributed by atoms with Gasteiger partial charge in [0.15, 0.2) is 0 Å². The molecule has 1 atom stereocenters. The zero-order valence-corrected chi connectivity index (χ0v) is 8.87. The molecule has 0 bridgehead atoms. The minimum atomic E-state index is 0.837. The lowest BCUT2D eigenvalue weighted by molar-refractivity contribution is 0.393. The van der Waals surface area contributed by atoms with E-state index in [0.717, 1.165) is 6.04 Å². The molecule has 0 spiro atoms. The minimum absolute atomic E-state index is 0.837. The van der Waals surface area contributed by atoms with Gasteiger partial charge in [0.1, 0.15) is 0 Å². The van der Waals surface area contributed by atoms with Gasteiger partial charge in [0, 0.05) is 6.04 Å². The fraction of sp³-hybridized carbons (Fsp3) is 1.00. The predicted octanol–water partition coefficient (Wildman–Crippen LogP) is 1.85. The van der Waals surface area contributed by atoms with E-state index in [-0.39, 0.29) is 0 Å². The summed E-state index contributed by atoms with van der Waals surface area (Å²) in [5, 5.41) is 3.47. The summed E-state index contributed by atoms with van der Waals surface area (Å²) >= 11 is 1.33. The van der Waals surface area contributed by atoms with Crippen molar-refractivity contribution in [1.29, 1.82) is 0 Å². The van der Waals surface area contributed by atoms with Gasteiger partial charge in [-0.3, -0.25) is 0 Å². The van der Waals surface area contributed by atoms with Gasteiger partial charge < -0.3 is 5.32 Å². The number of nitrogens with one attached hydrogen (secondary N) is 1. The van der Waals surface area contributed by atoms with Crippen LogP contribution in [0, 0.1) is 0 Å². The zero-order chi connectivity index (χ0) is 7.82. The molecule has 1 aliphatic rings. The molecule has 1 aliphatic heterocycles. The van der Waals surface area contributed by atoms with E-state index in [1.807, 2.05) is 0 Å². The average Bonchev–Trinajstić information content (AvgIpc) is 2.10. The topological polar surface area (TPSA) is 12.0 Å². The molecule has 55 valence electrons. The van der Waals surface area contributed by atoms with Gasteiger partial charge >= 0.3 is 29.7 Å². The van der Waals surface area contributed by atoms with Crippen LogP contribution in [0.15, 0.2) is 0 Å². The summed E-state index contributed by atoms with van der Waals surface area (Å²) in [6, 6.07) is 0.837. The number of hydrogen-bond acceptors (Lipinski definition) is 1. The maximum absolute atomic E-state index is 4.67. The molecule has 1 heterocycles. The summed E-state index contributed by atoms with van der Waals surface area (Å²) < 4.78 is 0. The molecule has 0 aliphatic carbocycles. The second-order valence-corrected chi connectivity index (χ2v) is 2.56. The Kier molecular flexibility index (Phi) is 8.94. The van der Waals surface area contributed by atoms with Crippen LogP contribution in [-0.4, -0.2) is 33.2 Å². The van der Waals surface area contributed by atoms with E-state index >= 15 is 0 Å². The first-order chi connectivity index (χ1) is 4.93. The Hall–Kier alpha value is 1.02. The molecule has 1 saturated heterocycles. The number of piperidine rings is 1. The predicted molar refractivity (Wildman–Crippen MR) is 47.5 cm³/mol. The molecule has 1 fully saturated rings. The van der Waals surface area contributed by atoms with E-state index in [1.54, 1.807) is 0 Å². The molecule has 0 saturated carbocycles. The van der Waals surface area contributed by atoms with Gasteiger partial charge in [-0.2, -0.15) is 0 Å². The molecule has 0 amide bonds. The normalized spacial score (nSPS) is 24.9. The molecule has 7 radical (unpaired) electrons. The SMILES string of the molecule is CCC1CCCCN1.[Mg+2][Cl]. The molecule has 1 rings (SSSR count). The fourth-order valence-corrected chi connectivity index (χ4v) is 1.27. The van der Waals surface area contributed by atoms with Crippen molar-refractivity contribution in [2.24, 2.45) is 0 Å². The number of rotatable bonds is 1. The third kappa shape index (κ3) is 4.77. The summed E-state index contributed by atoms with van der Waals surface area (Å²) in [7, 11) is 4.67. The highest BCUT2D eigenvalue weighted by atomic mass is 35.5. The van der Waals surface area contributed by atoms with E-state index in [1.165, 1.54) is 52.8 Å². The molecule has 1 unspecified atom stereocenters. The van der Waals surface area contributed by atoms with Crippen LogP contribution in [0.4, 0.5) is 0 Å². The Labute approximate surface area is 80.1 Å². The molecule has 3 heteroatoms. The van der Waals surface area contributed by atoms with Gasteiger partial charge in [-0.05, 0) is 25.8 Å². The second kappa shape index (κ2) is 8.12. The van der Waals surface area contributed by atoms with Crippen LogP contribution >= 0.6 is 9.07 Å². The van der Waals surface area contributed by atoms with Gasteiger partial charge in [0.2, 0.25) is 0 Å². The van der Waals surface area contributed by atoms with Gasteiger partial charge in [0.05, 0.1) is 0 Å². The van der Waals surface area contributed by atoms with Crippen LogP contribution in [0.2, 0.25) is 0 Å². The Morgan fingerprint density at radius 3 is 2.50 bits per heavy atom. The lowest BCUT2D eigenvalue weighted by Gasteiger charge is -2.21. The Bertz CT molecular complexity index is 64.6. The van der Waals surface area contributed by atoms with Gasteiger partial charge in [0.25, 0.3) is 0 Å². The highest BCUT2D eigenvalue weighted by molar-refractivity contribution is 6.80. The van der Waals surface area contributed by atoms with Crippen LogP contribution in [-0.2, 0) is 0 Å². The first-order valence-electron chi connectivity index (χ1n) is 3.93. The van der Waals surface area contributed by atoms with Crippen molar-refractivity contribution >= 4 is 29.7 Å². The van der Waals surface area contributed by atoms with Crippen molar-refractivity contribution in [3.8, 4) is 0 Å². The van der Waals surface area contributed by atoms with Crippen molar-refractivity contribution in [3.05, 3.63) is 0 Å². The third-order valence-electron chi connectivity index (χ3n) is 1.91. The molecule has 10 heavy (non-hydrogen) atoms. The maximum Gasteiger partial charge on any atom is 1.59 e. The van der Waals surface area contributed by atoms with Gasteiger partial charge in [-0.15, -0.1) is 0 Å². The van der Waals surface area contributed by atoms with Crippen LogP contribution in [0.1, 0.15) is 32.6 Å². The lowest BCUT2D eigenvalue weighted by Crippen LogP contribution is -2.32. The first kappa shape index (κ1) is 11.0. The van der Waals surface area contributed by atoms with Crippen LogP contribution in [0.25, 0.3) is 0 Å². The van der Waals surface area contributed by atoms with E-state index in [9.17, 15) is 0 Å². The standard InChI is InChI=1S/C7H15N.ClH.Mg/c1-2-7-5-3-4-6-8-7;;/h7-8H,2-6H2,1H3;1H;/q;;+3/p-1. The average molecular weight is 173 g/mol. The summed E-state index contributed by atoms with van der Waals surface area (Å²) in [5.41, 5.74) is 0. The lowest BCUT2D eigenvalue weighted by atomic mass is 10.0. The van der Waals surface area contributed by atoms with Crippen molar-refractivity contribution in [3.63, 3.8) is 0 Å². The Morgan fingerprint density at radius 1 is 1.50 bits per heavy atom. The van der Waals surface area contributed by atoms with Crippen LogP contribution in [0.3, 0.4) is 0 Å². The van der Waals surface area contributed by atoms with Crippen molar-refractivity contribution in [2.45, 2.75) is 38.6 Å². The zero-order valence-electron chi connectivity index (χ0n) is 6.70. The number of hydrogen-bond donors (Lipinski definition) is 1. The first-order valence-corrected chi connectivity index (χ1v) is 6.07. The molecule has 1 N–H and O–H groups in total. The van der Waals surface area contributed by atoms with Crippen molar-refractivity contribution in [2.75, 3.05) is 6.54 Å². The smallest absolute Gasteiger partial charge is 0.314 e. The second-order valence-electron chi connectivity index (χ2n) is 2.56. The highest BCUT2D eigenvalue weighted by Gasteiger charge is 2.16. The van der Waals surface area contributed by atoms with Gasteiger partial charge in [-0.1, -0.05) is 13.3 Å². The van der Waals surface area contributed by atoms with Crippen LogP contribution < -0.4 is 5.32 Å². The summed E-state index contributed by atoms with van der Waals surface area (Å²) in [4.78, 5) is 0. The van der Waals surface area contributed by atoms with Gasteiger partial charge in [-0.25, -0.2) is 0 Å². The Morgan fingerprint density at radius 2 is 2.20 bits per heavy atom. The molecule has 0 aromatic heterocycles. The quantitative estimate of drug-likeness (QED) is 0.596. The van der Waals surface area contributed by atoms with Crippen molar-refractivity contribution < 1.29 is 0 Å². The largest absolute Gasteiger partial charge is 1.59 e. The number of halogens is 1. The molecular weight excluding hydrogens is 158 g/mol.